The van der Waals surface area contributed by atoms with Crippen molar-refractivity contribution in [3.63, 3.8) is 0 Å². The number of nitrogens with one attached hydrogen (secondary N) is 1. The van der Waals surface area contributed by atoms with Crippen molar-refractivity contribution < 1.29 is 24.9 Å². The van der Waals surface area contributed by atoms with Crippen LogP contribution in [0, 0.1) is 0 Å². The predicted octanol–water partition coefficient (Wildman–Crippen LogP) is 1.44. The first-order valence-corrected chi connectivity index (χ1v) is 5.50. The molecule has 0 saturated carbocycles. The van der Waals surface area contributed by atoms with Crippen molar-refractivity contribution in [2.24, 2.45) is 0 Å². The Morgan fingerprint density at radius 1 is 1.05 bits per heavy atom. The summed E-state index contributed by atoms with van der Waals surface area (Å²) in [5.74, 6) is -2.41. The molecule has 1 aromatic heterocycles. The molecular formula is C13H10N2O5. The van der Waals surface area contributed by atoms with Gasteiger partial charge in [-0.3, -0.25) is 4.79 Å². The van der Waals surface area contributed by atoms with Gasteiger partial charge in [-0.25, -0.2) is 9.78 Å². The maximum Gasteiger partial charge on any atom is 0.354 e. The summed E-state index contributed by atoms with van der Waals surface area (Å²) in [5, 5.41) is 29.6. The van der Waals surface area contributed by atoms with Gasteiger partial charge in [0.25, 0.3) is 5.91 Å². The highest BCUT2D eigenvalue weighted by atomic mass is 16.4. The van der Waals surface area contributed by atoms with Gasteiger partial charge in [0, 0.05) is 5.56 Å². The first kappa shape index (κ1) is 13.3. The lowest BCUT2D eigenvalue weighted by molar-refractivity contribution is 0.0690. The van der Waals surface area contributed by atoms with Crippen LogP contribution in [-0.2, 0) is 0 Å². The number of anilines is 1. The Labute approximate surface area is 113 Å². The number of carboxylic acids is 1. The molecule has 7 nitrogen and oxygen atoms in total. The van der Waals surface area contributed by atoms with E-state index < -0.39 is 17.6 Å². The topological polar surface area (TPSA) is 120 Å². The normalized spacial score (nSPS) is 10.0. The molecule has 1 amide bonds. The van der Waals surface area contributed by atoms with Gasteiger partial charge in [-0.15, -0.1) is 0 Å². The number of carbonyl (C=O) groups is 2. The van der Waals surface area contributed by atoms with E-state index in [0.717, 1.165) is 6.07 Å². The first-order chi connectivity index (χ1) is 9.47. The maximum atomic E-state index is 11.8. The number of amides is 1. The number of benzene rings is 1. The number of rotatable bonds is 3. The molecule has 0 saturated heterocycles. The Bertz CT molecular complexity index is 667. The molecule has 0 bridgehead atoms. The van der Waals surface area contributed by atoms with E-state index in [9.17, 15) is 14.7 Å². The third-order valence-electron chi connectivity index (χ3n) is 2.48. The van der Waals surface area contributed by atoms with E-state index in [1.165, 1.54) is 30.5 Å². The first-order valence-electron chi connectivity index (χ1n) is 5.50. The molecule has 0 spiro atoms. The van der Waals surface area contributed by atoms with Crippen LogP contribution in [0.4, 0.5) is 5.69 Å². The minimum Gasteiger partial charge on any atom is -0.504 e. The van der Waals surface area contributed by atoms with E-state index in [4.69, 9.17) is 10.2 Å². The van der Waals surface area contributed by atoms with Crippen molar-refractivity contribution in [1.29, 1.82) is 0 Å². The van der Waals surface area contributed by atoms with Gasteiger partial charge in [0.1, 0.15) is 5.69 Å². The summed E-state index contributed by atoms with van der Waals surface area (Å²) in [7, 11) is 0. The van der Waals surface area contributed by atoms with Gasteiger partial charge in [0.2, 0.25) is 0 Å². The largest absolute Gasteiger partial charge is 0.504 e. The molecule has 2 rings (SSSR count). The second kappa shape index (κ2) is 5.27. The number of hydrogen-bond donors (Lipinski definition) is 4. The highest BCUT2D eigenvalue weighted by molar-refractivity contribution is 6.04. The van der Waals surface area contributed by atoms with Gasteiger partial charge in [0.15, 0.2) is 11.5 Å². The Morgan fingerprint density at radius 2 is 1.80 bits per heavy atom. The minimum atomic E-state index is -1.16. The highest BCUT2D eigenvalue weighted by Gasteiger charge is 2.10. The summed E-state index contributed by atoms with van der Waals surface area (Å²) in [6.45, 7) is 0. The summed E-state index contributed by atoms with van der Waals surface area (Å²) in [5.41, 5.74) is 0.320. The van der Waals surface area contributed by atoms with Gasteiger partial charge in [-0.2, -0.15) is 0 Å². The average Bonchev–Trinajstić information content (AvgIpc) is 2.42. The van der Waals surface area contributed by atoms with Crippen LogP contribution in [-0.4, -0.2) is 32.2 Å². The SMILES string of the molecule is O=C(Nc1ccc(C(=O)O)nc1)c1ccc(O)c(O)c1. The van der Waals surface area contributed by atoms with Crippen molar-refractivity contribution >= 4 is 17.6 Å². The van der Waals surface area contributed by atoms with E-state index in [0.29, 0.717) is 5.69 Å². The number of phenolic OH excluding ortho intramolecular Hbond substituents is 2. The van der Waals surface area contributed by atoms with E-state index in [1.54, 1.807) is 0 Å². The summed E-state index contributed by atoms with van der Waals surface area (Å²) in [6, 6.07) is 6.30. The Hall–Kier alpha value is -3.09. The van der Waals surface area contributed by atoms with E-state index in [1.807, 2.05) is 0 Å². The fourth-order valence-electron chi connectivity index (χ4n) is 1.46. The van der Waals surface area contributed by atoms with Gasteiger partial charge in [0.05, 0.1) is 11.9 Å². The number of carboxylic acid groups (broad SMARTS) is 1. The molecule has 102 valence electrons. The maximum absolute atomic E-state index is 11.8. The van der Waals surface area contributed by atoms with Crippen molar-refractivity contribution in [3.05, 3.63) is 47.8 Å². The van der Waals surface area contributed by atoms with Crippen LogP contribution >= 0.6 is 0 Å². The number of aromatic nitrogens is 1. The number of carbonyl (C=O) groups excluding carboxylic acids is 1. The monoisotopic (exact) mass is 274 g/mol. The standard InChI is InChI=1S/C13H10N2O5/c16-10-4-1-7(5-11(10)17)12(18)15-8-2-3-9(13(19)20)14-6-8/h1-6,16-17H,(H,15,18)(H,19,20). The third kappa shape index (κ3) is 2.83. The van der Waals surface area contributed by atoms with Gasteiger partial charge in [-0.1, -0.05) is 0 Å². The van der Waals surface area contributed by atoms with Crippen molar-refractivity contribution in [2.45, 2.75) is 0 Å². The summed E-state index contributed by atoms with van der Waals surface area (Å²) in [4.78, 5) is 26.1. The zero-order chi connectivity index (χ0) is 14.7. The van der Waals surface area contributed by atoms with Gasteiger partial charge < -0.3 is 20.6 Å². The smallest absolute Gasteiger partial charge is 0.354 e. The lowest BCUT2D eigenvalue weighted by Gasteiger charge is -2.06. The number of phenols is 2. The van der Waals surface area contributed by atoms with Crippen LogP contribution in [0.5, 0.6) is 11.5 Å². The molecule has 7 heteroatoms. The fourth-order valence-corrected chi connectivity index (χ4v) is 1.46. The summed E-state index contributed by atoms with van der Waals surface area (Å²) in [6.07, 6.45) is 1.21. The van der Waals surface area contributed by atoms with Crippen LogP contribution in [0.1, 0.15) is 20.8 Å². The number of pyridine rings is 1. The van der Waals surface area contributed by atoms with Crippen LogP contribution in [0.25, 0.3) is 0 Å². The lowest BCUT2D eigenvalue weighted by atomic mass is 10.2. The fraction of sp³-hybridized carbons (Fsp3) is 0. The molecule has 0 unspecified atom stereocenters. The molecule has 1 heterocycles. The number of aromatic carboxylic acids is 1. The Kier molecular flexibility index (Phi) is 3.52. The molecule has 20 heavy (non-hydrogen) atoms. The Balaban J connectivity index is 2.14. The Morgan fingerprint density at radius 3 is 2.35 bits per heavy atom. The average molecular weight is 274 g/mol. The highest BCUT2D eigenvalue weighted by Crippen LogP contribution is 2.25. The van der Waals surface area contributed by atoms with Gasteiger partial charge >= 0.3 is 5.97 Å². The van der Waals surface area contributed by atoms with Crippen LogP contribution in [0.2, 0.25) is 0 Å². The molecule has 0 radical (unpaired) electrons. The van der Waals surface area contributed by atoms with Crippen LogP contribution in [0.3, 0.4) is 0 Å². The molecule has 0 atom stereocenters. The summed E-state index contributed by atoms with van der Waals surface area (Å²) < 4.78 is 0. The van der Waals surface area contributed by atoms with E-state index in [2.05, 4.69) is 10.3 Å². The third-order valence-corrected chi connectivity index (χ3v) is 2.48. The van der Waals surface area contributed by atoms with Crippen molar-refractivity contribution in [1.82, 2.24) is 4.98 Å². The number of aromatic hydroxyl groups is 2. The summed E-state index contributed by atoms with van der Waals surface area (Å²) >= 11 is 0. The molecule has 0 aliphatic rings. The molecule has 4 N–H and O–H groups in total. The quantitative estimate of drug-likeness (QED) is 0.629. The lowest BCUT2D eigenvalue weighted by Crippen LogP contribution is -2.12. The van der Waals surface area contributed by atoms with E-state index >= 15 is 0 Å². The zero-order valence-electron chi connectivity index (χ0n) is 10.1. The molecule has 0 aliphatic heterocycles. The minimum absolute atomic E-state index is 0.134. The molecule has 0 aliphatic carbocycles. The zero-order valence-corrected chi connectivity index (χ0v) is 10.1. The molecule has 1 aromatic carbocycles. The number of nitrogens with zero attached hydrogens (tertiary/aromatic N) is 1. The predicted molar refractivity (Wildman–Crippen MR) is 68.9 cm³/mol. The van der Waals surface area contributed by atoms with E-state index in [-0.39, 0.29) is 17.0 Å². The second-order valence-electron chi connectivity index (χ2n) is 3.89. The van der Waals surface area contributed by atoms with Crippen LogP contribution in [0.15, 0.2) is 36.5 Å². The van der Waals surface area contributed by atoms with Crippen molar-refractivity contribution in [2.75, 3.05) is 5.32 Å². The molecule has 0 fully saturated rings. The van der Waals surface area contributed by atoms with Crippen LogP contribution < -0.4 is 5.32 Å². The second-order valence-corrected chi connectivity index (χ2v) is 3.89. The molecule has 2 aromatic rings. The number of hydrogen-bond acceptors (Lipinski definition) is 5. The molecular weight excluding hydrogens is 264 g/mol. The van der Waals surface area contributed by atoms with Gasteiger partial charge in [-0.05, 0) is 30.3 Å². The van der Waals surface area contributed by atoms with Crippen molar-refractivity contribution in [3.8, 4) is 11.5 Å².